The van der Waals surface area contributed by atoms with Crippen molar-refractivity contribution < 1.29 is 40.2 Å². The molecule has 0 aliphatic carbocycles. The van der Waals surface area contributed by atoms with Gasteiger partial charge in [0.25, 0.3) is 0 Å². The summed E-state index contributed by atoms with van der Waals surface area (Å²) in [5.41, 5.74) is -1.28. The lowest BCUT2D eigenvalue weighted by Gasteiger charge is -2.12. The van der Waals surface area contributed by atoms with Crippen molar-refractivity contribution in [3.63, 3.8) is 0 Å². The van der Waals surface area contributed by atoms with Crippen LogP contribution >= 0.6 is 0 Å². The molecule has 13 heteroatoms. The maximum atomic E-state index is 12.4. The molecular formula is C11H11F3N2O7S. The van der Waals surface area contributed by atoms with E-state index < -0.39 is 44.0 Å². The van der Waals surface area contributed by atoms with Gasteiger partial charge in [-0.2, -0.15) is 21.6 Å². The normalized spacial score (nSPS) is 13.2. The Hall–Kier alpha value is -2.41. The molecule has 1 aromatic carbocycles. The van der Waals surface area contributed by atoms with Crippen molar-refractivity contribution >= 4 is 21.8 Å². The number of hydrogen-bond acceptors (Lipinski definition) is 8. The van der Waals surface area contributed by atoms with E-state index in [2.05, 4.69) is 8.92 Å². The maximum absolute atomic E-state index is 12.4. The van der Waals surface area contributed by atoms with E-state index >= 15 is 0 Å². The first kappa shape index (κ1) is 19.6. The van der Waals surface area contributed by atoms with Crippen molar-refractivity contribution in [2.75, 3.05) is 7.11 Å². The molecule has 134 valence electrons. The molecule has 0 bridgehead atoms. The van der Waals surface area contributed by atoms with Gasteiger partial charge in [0.1, 0.15) is 6.04 Å². The average molecular weight is 372 g/mol. The van der Waals surface area contributed by atoms with E-state index in [1.807, 2.05) is 0 Å². The van der Waals surface area contributed by atoms with Gasteiger partial charge in [-0.05, 0) is 18.1 Å². The van der Waals surface area contributed by atoms with Gasteiger partial charge in [0.05, 0.1) is 12.0 Å². The van der Waals surface area contributed by atoms with Gasteiger partial charge in [-0.15, -0.1) is 0 Å². The van der Waals surface area contributed by atoms with Crippen LogP contribution in [0.25, 0.3) is 0 Å². The first-order valence-electron chi connectivity index (χ1n) is 6.00. The van der Waals surface area contributed by atoms with Crippen molar-refractivity contribution in [3.8, 4) is 5.75 Å². The Bertz CT molecular complexity index is 748. The lowest BCUT2D eigenvalue weighted by Crippen LogP contribution is -2.33. The molecule has 1 atom stereocenters. The zero-order chi connectivity index (χ0) is 18.7. The second-order valence-corrected chi connectivity index (χ2v) is 5.91. The van der Waals surface area contributed by atoms with E-state index in [-0.39, 0.29) is 12.0 Å². The number of nitrogens with two attached hydrogens (primary N) is 1. The van der Waals surface area contributed by atoms with E-state index in [0.717, 1.165) is 19.2 Å². The van der Waals surface area contributed by atoms with Gasteiger partial charge in [0.2, 0.25) is 5.75 Å². The summed E-state index contributed by atoms with van der Waals surface area (Å²) in [5.74, 6) is -1.98. The van der Waals surface area contributed by atoms with Crippen LogP contribution in [0.15, 0.2) is 18.2 Å². The number of hydrogen-bond donors (Lipinski definition) is 1. The molecule has 0 heterocycles. The number of halogens is 3. The van der Waals surface area contributed by atoms with E-state index in [4.69, 9.17) is 5.73 Å². The molecule has 0 radical (unpaired) electrons. The molecular weight excluding hydrogens is 361 g/mol. The monoisotopic (exact) mass is 372 g/mol. The average Bonchev–Trinajstić information content (AvgIpc) is 2.44. The molecule has 0 fully saturated rings. The lowest BCUT2D eigenvalue weighted by molar-refractivity contribution is -0.385. The highest BCUT2D eigenvalue weighted by molar-refractivity contribution is 7.88. The topological polar surface area (TPSA) is 139 Å². The number of benzene rings is 1. The number of carbonyl (C=O) groups is 1. The molecule has 1 rings (SSSR count). The quantitative estimate of drug-likeness (QED) is 0.255. The van der Waals surface area contributed by atoms with Gasteiger partial charge in [0, 0.05) is 6.07 Å². The molecule has 0 amide bonds. The number of ether oxygens (including phenoxy) is 1. The Balaban J connectivity index is 3.24. The first-order chi connectivity index (χ1) is 10.9. The fourth-order valence-electron chi connectivity index (χ4n) is 1.56. The Morgan fingerprint density at radius 3 is 2.46 bits per heavy atom. The number of carbonyl (C=O) groups excluding carboxylic acids is 1. The third-order valence-electron chi connectivity index (χ3n) is 2.66. The fourth-order valence-corrected chi connectivity index (χ4v) is 2.02. The highest BCUT2D eigenvalue weighted by Crippen LogP contribution is 2.33. The Labute approximate surface area is 133 Å². The third-order valence-corrected chi connectivity index (χ3v) is 3.63. The molecule has 1 aromatic rings. The van der Waals surface area contributed by atoms with Crippen molar-refractivity contribution in [2.45, 2.75) is 18.0 Å². The SMILES string of the molecule is COC(=O)[C@@H](N)Cc1ccc([N+](=O)[O-])c(OS(=O)(=O)C(F)(F)F)c1. The molecule has 0 saturated heterocycles. The van der Waals surface area contributed by atoms with Crippen LogP contribution in [0.2, 0.25) is 0 Å². The van der Waals surface area contributed by atoms with Crippen LogP contribution < -0.4 is 9.92 Å². The third kappa shape index (κ3) is 4.55. The van der Waals surface area contributed by atoms with Gasteiger partial charge in [-0.1, -0.05) is 6.07 Å². The summed E-state index contributed by atoms with van der Waals surface area (Å²) in [6.45, 7) is 0. The second kappa shape index (κ2) is 7.00. The van der Waals surface area contributed by atoms with Crippen LogP contribution in [-0.4, -0.2) is 38.0 Å². The number of rotatable bonds is 6. The van der Waals surface area contributed by atoms with Gasteiger partial charge >= 0.3 is 27.3 Å². The highest BCUT2D eigenvalue weighted by atomic mass is 32.2. The maximum Gasteiger partial charge on any atom is 0.534 e. The summed E-state index contributed by atoms with van der Waals surface area (Å²) in [5, 5.41) is 10.8. The largest absolute Gasteiger partial charge is 0.534 e. The molecule has 0 spiro atoms. The predicted octanol–water partition coefficient (Wildman–Crippen LogP) is 0.866. The molecule has 9 nitrogen and oxygen atoms in total. The van der Waals surface area contributed by atoms with Crippen molar-refractivity contribution in [1.29, 1.82) is 0 Å². The van der Waals surface area contributed by atoms with Crippen LogP contribution in [0.4, 0.5) is 18.9 Å². The predicted molar refractivity (Wildman–Crippen MR) is 72.4 cm³/mol. The van der Waals surface area contributed by atoms with Gasteiger partial charge < -0.3 is 14.7 Å². The number of methoxy groups -OCH3 is 1. The molecule has 0 saturated carbocycles. The Morgan fingerprint density at radius 2 is 2.00 bits per heavy atom. The van der Waals surface area contributed by atoms with E-state index in [0.29, 0.717) is 6.07 Å². The van der Waals surface area contributed by atoms with E-state index in [1.165, 1.54) is 0 Å². The molecule has 0 aromatic heterocycles. The van der Waals surface area contributed by atoms with Crippen molar-refractivity contribution in [3.05, 3.63) is 33.9 Å². The van der Waals surface area contributed by atoms with Gasteiger partial charge in [0.15, 0.2) is 0 Å². The zero-order valence-corrected chi connectivity index (χ0v) is 12.8. The first-order valence-corrected chi connectivity index (χ1v) is 7.41. The molecule has 2 N–H and O–H groups in total. The lowest BCUT2D eigenvalue weighted by atomic mass is 10.1. The van der Waals surface area contributed by atoms with Crippen LogP contribution in [0, 0.1) is 10.1 Å². The summed E-state index contributed by atoms with van der Waals surface area (Å²) in [4.78, 5) is 20.9. The smallest absolute Gasteiger partial charge is 0.468 e. The number of nitrogens with zero attached hydrogens (tertiary/aromatic N) is 1. The molecule has 0 unspecified atom stereocenters. The van der Waals surface area contributed by atoms with Gasteiger partial charge in [-0.3, -0.25) is 14.9 Å². The van der Waals surface area contributed by atoms with Gasteiger partial charge in [-0.25, -0.2) is 0 Å². The number of alkyl halides is 3. The van der Waals surface area contributed by atoms with Crippen LogP contribution in [0.1, 0.15) is 5.56 Å². The summed E-state index contributed by atoms with van der Waals surface area (Å²) >= 11 is 0. The number of nitro benzene ring substituents is 1. The second-order valence-electron chi connectivity index (χ2n) is 4.38. The van der Waals surface area contributed by atoms with E-state index in [9.17, 15) is 36.5 Å². The van der Waals surface area contributed by atoms with Crippen molar-refractivity contribution in [2.24, 2.45) is 5.73 Å². The molecule has 24 heavy (non-hydrogen) atoms. The van der Waals surface area contributed by atoms with Crippen molar-refractivity contribution in [1.82, 2.24) is 0 Å². The summed E-state index contributed by atoms with van der Waals surface area (Å²) in [6.07, 6.45) is -0.271. The van der Waals surface area contributed by atoms with Crippen LogP contribution in [0.5, 0.6) is 5.75 Å². The minimum atomic E-state index is -6.10. The van der Waals surface area contributed by atoms with E-state index in [1.54, 1.807) is 0 Å². The zero-order valence-electron chi connectivity index (χ0n) is 11.9. The summed E-state index contributed by atoms with van der Waals surface area (Å²) in [7, 11) is -5.04. The molecule has 0 aliphatic rings. The van der Waals surface area contributed by atoms with Crippen LogP contribution in [-0.2, 0) is 26.1 Å². The standard InChI is InChI=1S/C11H11F3N2O7S/c1-22-10(17)7(15)4-6-2-3-8(16(18)19)9(5-6)23-24(20,21)11(12,13)14/h2-3,5,7H,4,15H2,1H3/t7-/m0/s1. The number of esters is 1. The minimum absolute atomic E-state index is 0.0332. The Kier molecular flexibility index (Phi) is 5.73. The van der Waals surface area contributed by atoms with Crippen LogP contribution in [0.3, 0.4) is 0 Å². The molecule has 0 aliphatic heterocycles. The number of nitro groups is 1. The summed E-state index contributed by atoms with van der Waals surface area (Å²) < 4.78 is 67.3. The Morgan fingerprint density at radius 1 is 1.42 bits per heavy atom. The minimum Gasteiger partial charge on any atom is -0.468 e. The fraction of sp³-hybridized carbons (Fsp3) is 0.364. The summed E-state index contributed by atoms with van der Waals surface area (Å²) in [6, 6.07) is 1.31. The highest BCUT2D eigenvalue weighted by Gasteiger charge is 2.49.